The van der Waals surface area contributed by atoms with E-state index in [9.17, 15) is 31.5 Å². The van der Waals surface area contributed by atoms with Crippen molar-refractivity contribution in [2.45, 2.75) is 18.9 Å². The van der Waals surface area contributed by atoms with Crippen molar-refractivity contribution in [3.05, 3.63) is 59.2 Å². The molecule has 0 atom stereocenters. The Hall–Kier alpha value is -2.81. The van der Waals surface area contributed by atoms with Crippen molar-refractivity contribution in [2.24, 2.45) is 0 Å². The van der Waals surface area contributed by atoms with Gasteiger partial charge in [0.1, 0.15) is 0 Å². The van der Waals surface area contributed by atoms with Crippen LogP contribution in [-0.4, -0.2) is 31.5 Å². The second kappa shape index (κ2) is 6.97. The molecule has 2 aromatic rings. The van der Waals surface area contributed by atoms with Crippen molar-refractivity contribution in [1.82, 2.24) is 0 Å². The Labute approximate surface area is 159 Å². The van der Waals surface area contributed by atoms with E-state index in [4.69, 9.17) is 0 Å². The molecule has 1 aliphatic heterocycles. The summed E-state index contributed by atoms with van der Waals surface area (Å²) in [7, 11) is -5.66. The molecule has 1 heterocycles. The number of rotatable bonds is 3. The van der Waals surface area contributed by atoms with Crippen LogP contribution in [0.15, 0.2) is 48.0 Å². The Morgan fingerprint density at radius 1 is 1.07 bits per heavy atom. The Morgan fingerprint density at radius 3 is 2.25 bits per heavy atom. The average molecular weight is 411 g/mol. The van der Waals surface area contributed by atoms with Crippen LogP contribution in [0.1, 0.15) is 17.5 Å². The van der Waals surface area contributed by atoms with Crippen LogP contribution in [0.25, 0.3) is 17.2 Å². The molecule has 0 spiro atoms. The van der Waals surface area contributed by atoms with Crippen LogP contribution in [0.5, 0.6) is 0 Å². The maximum atomic E-state index is 13.1. The number of alkyl halides is 3. The lowest BCUT2D eigenvalue weighted by Crippen LogP contribution is -2.41. The van der Waals surface area contributed by atoms with Gasteiger partial charge in [0.15, 0.2) is 0 Å². The van der Waals surface area contributed by atoms with Gasteiger partial charge in [0.05, 0.1) is 5.69 Å². The molecule has 1 aliphatic rings. The van der Waals surface area contributed by atoms with Gasteiger partial charge >= 0.3 is 21.5 Å². The van der Waals surface area contributed by atoms with E-state index in [0.29, 0.717) is 5.56 Å². The third kappa shape index (κ3) is 3.62. The molecule has 0 fully saturated rings. The van der Waals surface area contributed by atoms with Gasteiger partial charge in [-0.2, -0.15) is 21.6 Å². The number of aryl methyl sites for hydroxylation is 1. The minimum atomic E-state index is -5.66. The van der Waals surface area contributed by atoms with Crippen LogP contribution in [-0.2, 0) is 14.8 Å². The number of fused-ring (bicyclic) bond motifs is 1. The van der Waals surface area contributed by atoms with Crippen LogP contribution >= 0.6 is 0 Å². The van der Waals surface area contributed by atoms with Gasteiger partial charge in [-0.3, -0.25) is 4.31 Å². The number of aliphatic carboxylic acids is 1. The van der Waals surface area contributed by atoms with E-state index in [-0.39, 0.29) is 27.5 Å². The summed E-state index contributed by atoms with van der Waals surface area (Å²) in [5.41, 5.74) is -3.34. The average Bonchev–Trinajstić information content (AvgIpc) is 2.80. The van der Waals surface area contributed by atoms with E-state index in [1.165, 1.54) is 24.3 Å². The van der Waals surface area contributed by atoms with E-state index in [1.54, 1.807) is 0 Å². The summed E-state index contributed by atoms with van der Waals surface area (Å²) < 4.78 is 63.6. The number of hydrogen-bond donors (Lipinski definition) is 1. The smallest absolute Gasteiger partial charge is 0.478 e. The molecule has 1 N–H and O–H groups in total. The quantitative estimate of drug-likeness (QED) is 0.822. The van der Waals surface area contributed by atoms with Crippen LogP contribution in [0.3, 0.4) is 0 Å². The highest BCUT2D eigenvalue weighted by atomic mass is 32.2. The molecular weight excluding hydrogens is 395 g/mol. The third-order valence-corrected chi connectivity index (χ3v) is 6.00. The topological polar surface area (TPSA) is 74.7 Å². The highest BCUT2D eigenvalue weighted by Crippen LogP contribution is 2.38. The van der Waals surface area contributed by atoms with Gasteiger partial charge in [0.2, 0.25) is 0 Å². The highest BCUT2D eigenvalue weighted by Gasteiger charge is 2.50. The molecule has 9 heteroatoms. The first-order valence-electron chi connectivity index (χ1n) is 8.24. The molecule has 0 radical (unpaired) electrons. The lowest BCUT2D eigenvalue weighted by molar-refractivity contribution is -0.132. The molecule has 0 unspecified atom stereocenters. The number of nitrogens with zero attached hydrogens (tertiary/aromatic N) is 1. The second-order valence-corrected chi connectivity index (χ2v) is 8.24. The summed E-state index contributed by atoms with van der Waals surface area (Å²) in [6.45, 7) is 1.29. The number of carboxylic acid groups (broad SMARTS) is 1. The van der Waals surface area contributed by atoms with E-state index in [2.05, 4.69) is 0 Å². The van der Waals surface area contributed by atoms with Crippen LogP contribution in [0, 0.1) is 6.92 Å². The largest absolute Gasteiger partial charge is 0.516 e. The van der Waals surface area contributed by atoms with Crippen molar-refractivity contribution >= 4 is 27.8 Å². The molecule has 0 amide bonds. The molecule has 0 bridgehead atoms. The van der Waals surface area contributed by atoms with Crippen LogP contribution in [0.4, 0.5) is 18.9 Å². The molecule has 2 aromatic carbocycles. The Bertz CT molecular complexity index is 1060. The molecular formula is C19H16F3NO4S. The standard InChI is InChI=1S/C19H16F3NO4S/c1-12-2-4-13(5-3-12)14-6-7-17-16(10-14)11-15(18(24)25)8-9-23(17)28(26,27)19(20,21)22/h2-7,10-11H,8-9H2,1H3,(H,24,25). The van der Waals surface area contributed by atoms with Gasteiger partial charge in [-0.25, -0.2) is 4.79 Å². The van der Waals surface area contributed by atoms with Gasteiger partial charge < -0.3 is 5.11 Å². The Balaban J connectivity index is 2.18. The number of halogens is 3. The second-order valence-electron chi connectivity index (χ2n) is 6.39. The lowest BCUT2D eigenvalue weighted by Gasteiger charge is -2.25. The predicted molar refractivity (Wildman–Crippen MR) is 99.2 cm³/mol. The van der Waals surface area contributed by atoms with Gasteiger partial charge in [-0.05, 0) is 48.2 Å². The fourth-order valence-corrected chi connectivity index (χ4v) is 3.98. The Kier molecular flexibility index (Phi) is 4.97. The molecule has 28 heavy (non-hydrogen) atoms. The summed E-state index contributed by atoms with van der Waals surface area (Å²) in [6, 6.07) is 11.6. The van der Waals surface area contributed by atoms with Gasteiger partial charge in [-0.15, -0.1) is 0 Å². The molecule has 3 rings (SSSR count). The van der Waals surface area contributed by atoms with Gasteiger partial charge in [-0.1, -0.05) is 35.9 Å². The zero-order valence-corrected chi connectivity index (χ0v) is 15.5. The molecule has 0 saturated heterocycles. The van der Waals surface area contributed by atoms with E-state index in [0.717, 1.165) is 11.1 Å². The maximum absolute atomic E-state index is 13.1. The maximum Gasteiger partial charge on any atom is 0.516 e. The summed E-state index contributed by atoms with van der Waals surface area (Å²) >= 11 is 0. The van der Waals surface area contributed by atoms with Gasteiger partial charge in [0.25, 0.3) is 0 Å². The van der Waals surface area contributed by atoms with Crippen LogP contribution < -0.4 is 4.31 Å². The SMILES string of the molecule is Cc1ccc(-c2ccc3c(c2)C=C(C(=O)O)CCN3S(=O)(=O)C(F)(F)F)cc1. The fraction of sp³-hybridized carbons (Fsp3) is 0.211. The van der Waals surface area contributed by atoms with Crippen molar-refractivity contribution in [3.63, 3.8) is 0 Å². The number of anilines is 1. The van der Waals surface area contributed by atoms with Crippen molar-refractivity contribution in [3.8, 4) is 11.1 Å². The normalized spacial score (nSPS) is 14.9. The first-order chi connectivity index (χ1) is 13.0. The van der Waals surface area contributed by atoms with E-state index < -0.39 is 28.0 Å². The lowest BCUT2D eigenvalue weighted by atomic mass is 10.00. The van der Waals surface area contributed by atoms with E-state index >= 15 is 0 Å². The molecule has 0 aromatic heterocycles. The van der Waals surface area contributed by atoms with Crippen LogP contribution in [0.2, 0.25) is 0 Å². The van der Waals surface area contributed by atoms with Crippen molar-refractivity contribution < 1.29 is 31.5 Å². The summed E-state index contributed by atoms with van der Waals surface area (Å²) in [6.07, 6.45) is 0.875. The predicted octanol–water partition coefficient (Wildman–Crippen LogP) is 4.19. The molecule has 0 aliphatic carbocycles. The number of carbonyl (C=O) groups is 1. The highest BCUT2D eigenvalue weighted by molar-refractivity contribution is 7.93. The minimum absolute atomic E-state index is 0.0980. The van der Waals surface area contributed by atoms with Crippen molar-refractivity contribution in [1.29, 1.82) is 0 Å². The summed E-state index contributed by atoms with van der Waals surface area (Å²) in [5.74, 6) is -1.31. The number of carboxylic acids is 1. The van der Waals surface area contributed by atoms with Crippen molar-refractivity contribution in [2.75, 3.05) is 10.8 Å². The zero-order chi connectivity index (χ0) is 20.7. The molecule has 5 nitrogen and oxygen atoms in total. The monoisotopic (exact) mass is 411 g/mol. The van der Waals surface area contributed by atoms with Gasteiger partial charge in [0, 0.05) is 12.1 Å². The minimum Gasteiger partial charge on any atom is -0.478 e. The fourth-order valence-electron chi connectivity index (χ4n) is 2.97. The molecule has 148 valence electrons. The number of benzene rings is 2. The first-order valence-corrected chi connectivity index (χ1v) is 9.68. The van der Waals surface area contributed by atoms with E-state index in [1.807, 2.05) is 31.2 Å². The third-order valence-electron chi connectivity index (χ3n) is 4.45. The summed E-state index contributed by atoms with van der Waals surface area (Å²) in [4.78, 5) is 11.4. The number of sulfonamides is 1. The summed E-state index contributed by atoms with van der Waals surface area (Å²) in [5, 5.41) is 9.30. The molecule has 0 saturated carbocycles. The Morgan fingerprint density at radius 2 is 1.68 bits per heavy atom. The zero-order valence-electron chi connectivity index (χ0n) is 14.7. The first kappa shape index (κ1) is 19.9. The number of hydrogen-bond acceptors (Lipinski definition) is 3.